The topological polar surface area (TPSA) is 32.3 Å². The molecule has 1 aromatic rings. The van der Waals surface area contributed by atoms with Crippen LogP contribution in [0, 0.1) is 0 Å². The Labute approximate surface area is 94.0 Å². The van der Waals surface area contributed by atoms with Crippen LogP contribution in [0.25, 0.3) is 0 Å². The number of rotatable bonds is 0. The number of amides is 1. The summed E-state index contributed by atoms with van der Waals surface area (Å²) in [5, 5.41) is 3.95. The number of hydrogen-bond donors (Lipinski definition) is 1. The highest BCUT2D eigenvalue weighted by atomic mass is 35.5. The number of halogens is 1. The van der Waals surface area contributed by atoms with E-state index in [1.54, 1.807) is 18.0 Å². The van der Waals surface area contributed by atoms with Crippen LogP contribution < -0.4 is 10.2 Å². The standard InChI is InChI=1S/C11H13ClN2O/c1-7-5-11(15)14(2)10-4-3-8(12)6-9(10)13-7/h3-4,6-7,13H,5H2,1-2H3. The van der Waals surface area contributed by atoms with E-state index in [0.29, 0.717) is 11.4 Å². The van der Waals surface area contributed by atoms with Gasteiger partial charge >= 0.3 is 0 Å². The molecule has 0 aromatic heterocycles. The van der Waals surface area contributed by atoms with Crippen molar-refractivity contribution < 1.29 is 4.79 Å². The van der Waals surface area contributed by atoms with E-state index in [-0.39, 0.29) is 11.9 Å². The van der Waals surface area contributed by atoms with Gasteiger partial charge in [-0.15, -0.1) is 0 Å². The number of hydrogen-bond acceptors (Lipinski definition) is 2. The summed E-state index contributed by atoms with van der Waals surface area (Å²) in [6.45, 7) is 1.99. The molecule has 0 radical (unpaired) electrons. The molecular formula is C11H13ClN2O. The Balaban J connectivity index is 2.49. The minimum atomic E-state index is 0.121. The van der Waals surface area contributed by atoms with E-state index in [2.05, 4.69) is 5.32 Å². The molecule has 1 amide bonds. The van der Waals surface area contributed by atoms with Crippen LogP contribution in [0.1, 0.15) is 13.3 Å². The zero-order valence-corrected chi connectivity index (χ0v) is 9.51. The van der Waals surface area contributed by atoms with Crippen molar-refractivity contribution in [3.8, 4) is 0 Å². The largest absolute Gasteiger partial charge is 0.380 e. The van der Waals surface area contributed by atoms with Gasteiger partial charge in [0.05, 0.1) is 11.4 Å². The number of anilines is 2. The molecule has 0 saturated carbocycles. The summed E-state index contributed by atoms with van der Waals surface area (Å²) < 4.78 is 0. The molecule has 4 heteroatoms. The Morgan fingerprint density at radius 3 is 3.00 bits per heavy atom. The second-order valence-corrected chi connectivity index (χ2v) is 4.30. The lowest BCUT2D eigenvalue weighted by atomic mass is 10.2. The van der Waals surface area contributed by atoms with Crippen molar-refractivity contribution in [1.82, 2.24) is 0 Å². The molecular weight excluding hydrogens is 212 g/mol. The molecule has 1 heterocycles. The summed E-state index contributed by atoms with van der Waals surface area (Å²) in [5.41, 5.74) is 1.80. The van der Waals surface area contributed by atoms with Crippen molar-refractivity contribution in [3.05, 3.63) is 23.2 Å². The summed E-state index contributed by atoms with van der Waals surface area (Å²) in [5.74, 6) is 0.121. The molecule has 1 aliphatic heterocycles. The first-order chi connectivity index (χ1) is 7.08. The van der Waals surface area contributed by atoms with Crippen LogP contribution in [-0.4, -0.2) is 19.0 Å². The monoisotopic (exact) mass is 224 g/mol. The van der Waals surface area contributed by atoms with E-state index in [1.165, 1.54) is 0 Å². The fourth-order valence-electron chi connectivity index (χ4n) is 1.77. The maximum atomic E-state index is 11.7. The van der Waals surface area contributed by atoms with E-state index in [0.717, 1.165) is 11.4 Å². The van der Waals surface area contributed by atoms with Gasteiger partial charge in [-0.25, -0.2) is 0 Å². The quantitative estimate of drug-likeness (QED) is 0.735. The third kappa shape index (κ3) is 1.92. The zero-order valence-electron chi connectivity index (χ0n) is 8.75. The molecule has 1 atom stereocenters. The Kier molecular flexibility index (Phi) is 2.57. The maximum Gasteiger partial charge on any atom is 0.228 e. The normalized spacial score (nSPS) is 20.6. The third-order valence-electron chi connectivity index (χ3n) is 2.58. The first-order valence-electron chi connectivity index (χ1n) is 4.90. The van der Waals surface area contributed by atoms with Gasteiger partial charge in [0.2, 0.25) is 5.91 Å². The lowest BCUT2D eigenvalue weighted by Crippen LogP contribution is -2.27. The summed E-state index contributed by atoms with van der Waals surface area (Å²) >= 11 is 5.92. The number of carbonyl (C=O) groups excluding carboxylic acids is 1. The summed E-state index contributed by atoms with van der Waals surface area (Å²) in [6.07, 6.45) is 0.503. The van der Waals surface area contributed by atoms with Crippen LogP contribution in [0.4, 0.5) is 11.4 Å². The molecule has 1 aromatic carbocycles. The molecule has 0 spiro atoms. The molecule has 0 fully saturated rings. The van der Waals surface area contributed by atoms with Gasteiger partial charge in [0, 0.05) is 24.5 Å². The second-order valence-electron chi connectivity index (χ2n) is 3.86. The van der Waals surface area contributed by atoms with Gasteiger partial charge < -0.3 is 10.2 Å². The fourth-order valence-corrected chi connectivity index (χ4v) is 1.94. The average molecular weight is 225 g/mol. The minimum Gasteiger partial charge on any atom is -0.380 e. The van der Waals surface area contributed by atoms with E-state index < -0.39 is 0 Å². The number of carbonyl (C=O) groups is 1. The average Bonchev–Trinajstić information content (AvgIpc) is 2.25. The van der Waals surface area contributed by atoms with Crippen molar-refractivity contribution in [2.75, 3.05) is 17.3 Å². The molecule has 0 saturated heterocycles. The van der Waals surface area contributed by atoms with Crippen molar-refractivity contribution >= 4 is 28.9 Å². The van der Waals surface area contributed by atoms with Crippen LogP contribution in [0.5, 0.6) is 0 Å². The van der Waals surface area contributed by atoms with E-state index in [9.17, 15) is 4.79 Å². The molecule has 0 bridgehead atoms. The number of nitrogens with one attached hydrogen (secondary N) is 1. The highest BCUT2D eigenvalue weighted by Crippen LogP contribution is 2.31. The van der Waals surface area contributed by atoms with Crippen molar-refractivity contribution in [2.45, 2.75) is 19.4 Å². The molecule has 3 nitrogen and oxygen atoms in total. The third-order valence-corrected chi connectivity index (χ3v) is 2.81. The molecule has 0 aliphatic carbocycles. The summed E-state index contributed by atoms with van der Waals surface area (Å²) in [6, 6.07) is 5.64. The molecule has 80 valence electrons. The van der Waals surface area contributed by atoms with Gasteiger partial charge in [0.25, 0.3) is 0 Å². The lowest BCUT2D eigenvalue weighted by molar-refractivity contribution is -0.118. The maximum absolute atomic E-state index is 11.7. The van der Waals surface area contributed by atoms with Gasteiger partial charge in [-0.2, -0.15) is 0 Å². The smallest absolute Gasteiger partial charge is 0.228 e. The molecule has 2 rings (SSSR count). The van der Waals surface area contributed by atoms with E-state index in [1.807, 2.05) is 19.1 Å². The van der Waals surface area contributed by atoms with E-state index in [4.69, 9.17) is 11.6 Å². The number of fused-ring (bicyclic) bond motifs is 1. The first kappa shape index (κ1) is 10.3. The Bertz CT molecular complexity index is 406. The van der Waals surface area contributed by atoms with Crippen molar-refractivity contribution in [3.63, 3.8) is 0 Å². The Hall–Kier alpha value is -1.22. The van der Waals surface area contributed by atoms with Gasteiger partial charge in [0.1, 0.15) is 0 Å². The van der Waals surface area contributed by atoms with Crippen LogP contribution in [0.15, 0.2) is 18.2 Å². The van der Waals surface area contributed by atoms with Gasteiger partial charge in [0.15, 0.2) is 0 Å². The highest BCUT2D eigenvalue weighted by Gasteiger charge is 2.22. The van der Waals surface area contributed by atoms with Crippen LogP contribution >= 0.6 is 11.6 Å². The zero-order chi connectivity index (χ0) is 11.0. The Morgan fingerprint density at radius 2 is 2.27 bits per heavy atom. The van der Waals surface area contributed by atoms with Crippen LogP contribution in [0.3, 0.4) is 0 Å². The summed E-state index contributed by atoms with van der Waals surface area (Å²) in [7, 11) is 1.79. The SMILES string of the molecule is CC1CC(=O)N(C)c2ccc(Cl)cc2N1. The van der Waals surface area contributed by atoms with E-state index >= 15 is 0 Å². The molecule has 1 N–H and O–H groups in total. The highest BCUT2D eigenvalue weighted by molar-refractivity contribution is 6.31. The lowest BCUT2D eigenvalue weighted by Gasteiger charge is -2.16. The number of nitrogens with zero attached hydrogens (tertiary/aromatic N) is 1. The number of benzene rings is 1. The molecule has 1 unspecified atom stereocenters. The van der Waals surface area contributed by atoms with Gasteiger partial charge in [-0.3, -0.25) is 4.79 Å². The predicted molar refractivity (Wildman–Crippen MR) is 62.6 cm³/mol. The van der Waals surface area contributed by atoms with Gasteiger partial charge in [-0.05, 0) is 25.1 Å². The van der Waals surface area contributed by atoms with Crippen LogP contribution in [-0.2, 0) is 4.79 Å². The second kappa shape index (κ2) is 3.74. The van der Waals surface area contributed by atoms with Gasteiger partial charge in [-0.1, -0.05) is 11.6 Å². The Morgan fingerprint density at radius 1 is 1.53 bits per heavy atom. The van der Waals surface area contributed by atoms with Crippen LogP contribution in [0.2, 0.25) is 5.02 Å². The molecule has 1 aliphatic rings. The van der Waals surface area contributed by atoms with Crippen molar-refractivity contribution in [2.24, 2.45) is 0 Å². The predicted octanol–water partition coefficient (Wildman–Crippen LogP) is 2.51. The summed E-state index contributed by atoms with van der Waals surface area (Å²) in [4.78, 5) is 13.4. The first-order valence-corrected chi connectivity index (χ1v) is 5.28. The fraction of sp³-hybridized carbons (Fsp3) is 0.364. The van der Waals surface area contributed by atoms with Crippen molar-refractivity contribution in [1.29, 1.82) is 0 Å². The molecule has 15 heavy (non-hydrogen) atoms. The minimum absolute atomic E-state index is 0.121.